The number of sulfonamides is 1. The molecule has 1 saturated heterocycles. The van der Waals surface area contributed by atoms with Crippen molar-refractivity contribution in [1.82, 2.24) is 4.90 Å². The van der Waals surface area contributed by atoms with Gasteiger partial charge in [-0.25, -0.2) is 13.6 Å². The standard InChI is InChI=1S/C15H24N2O3S/c16-21(18,19)15-8-6-14(7-9-15)20-13-5-4-12-17-10-2-1-3-11-17/h6-9H,1-5,10-13H2,(H2,16,18,19). The Hall–Kier alpha value is -1.11. The molecule has 1 aliphatic heterocycles. The first-order valence-electron chi connectivity index (χ1n) is 7.54. The van der Waals surface area contributed by atoms with Crippen LogP contribution in [0.25, 0.3) is 0 Å². The minimum atomic E-state index is -3.62. The zero-order valence-electron chi connectivity index (χ0n) is 12.3. The summed E-state index contributed by atoms with van der Waals surface area (Å²) in [5.41, 5.74) is 0. The summed E-state index contributed by atoms with van der Waals surface area (Å²) >= 11 is 0. The van der Waals surface area contributed by atoms with Gasteiger partial charge in [0.1, 0.15) is 5.75 Å². The molecule has 1 aliphatic rings. The highest BCUT2D eigenvalue weighted by atomic mass is 32.2. The van der Waals surface area contributed by atoms with Crippen molar-refractivity contribution in [2.75, 3.05) is 26.2 Å². The van der Waals surface area contributed by atoms with Crippen LogP contribution in [0.15, 0.2) is 29.2 Å². The van der Waals surface area contributed by atoms with Gasteiger partial charge in [-0.3, -0.25) is 0 Å². The molecular formula is C15H24N2O3S. The Balaban J connectivity index is 1.64. The molecule has 0 radical (unpaired) electrons. The monoisotopic (exact) mass is 312 g/mol. The molecule has 0 spiro atoms. The molecule has 118 valence electrons. The summed E-state index contributed by atoms with van der Waals surface area (Å²) in [5, 5.41) is 5.04. The summed E-state index contributed by atoms with van der Waals surface area (Å²) in [6.45, 7) is 4.27. The number of hydrogen-bond donors (Lipinski definition) is 1. The third kappa shape index (κ3) is 5.65. The molecule has 5 nitrogen and oxygen atoms in total. The molecule has 0 bridgehead atoms. The van der Waals surface area contributed by atoms with Gasteiger partial charge in [-0.2, -0.15) is 0 Å². The highest BCUT2D eigenvalue weighted by Gasteiger charge is 2.09. The minimum absolute atomic E-state index is 0.111. The van der Waals surface area contributed by atoms with Crippen molar-refractivity contribution in [2.45, 2.75) is 37.0 Å². The summed E-state index contributed by atoms with van der Waals surface area (Å²) in [6.07, 6.45) is 6.16. The van der Waals surface area contributed by atoms with Gasteiger partial charge in [-0.05, 0) is 69.6 Å². The Kier molecular flexibility index (Phi) is 6.02. The number of nitrogens with zero attached hydrogens (tertiary/aromatic N) is 1. The number of primary sulfonamides is 1. The van der Waals surface area contributed by atoms with Crippen LogP contribution in [-0.4, -0.2) is 39.6 Å². The highest BCUT2D eigenvalue weighted by Crippen LogP contribution is 2.15. The molecule has 0 atom stereocenters. The van der Waals surface area contributed by atoms with Gasteiger partial charge in [0.2, 0.25) is 10.0 Å². The fourth-order valence-corrected chi connectivity index (χ4v) is 3.05. The van der Waals surface area contributed by atoms with Crippen molar-refractivity contribution in [3.8, 4) is 5.75 Å². The van der Waals surface area contributed by atoms with E-state index in [1.54, 1.807) is 12.1 Å². The van der Waals surface area contributed by atoms with Crippen LogP contribution in [0.5, 0.6) is 5.75 Å². The number of unbranched alkanes of at least 4 members (excludes halogenated alkanes) is 1. The Bertz CT molecular complexity index is 522. The van der Waals surface area contributed by atoms with Gasteiger partial charge >= 0.3 is 0 Å². The average Bonchev–Trinajstić information content (AvgIpc) is 2.47. The molecule has 2 rings (SSSR count). The molecule has 1 heterocycles. The molecule has 6 heteroatoms. The molecule has 2 N–H and O–H groups in total. The molecule has 0 amide bonds. The number of ether oxygens (including phenoxy) is 1. The van der Waals surface area contributed by atoms with Crippen LogP contribution in [0.2, 0.25) is 0 Å². The van der Waals surface area contributed by atoms with Crippen molar-refractivity contribution in [2.24, 2.45) is 5.14 Å². The maximum Gasteiger partial charge on any atom is 0.238 e. The maximum absolute atomic E-state index is 11.1. The van der Waals surface area contributed by atoms with Gasteiger partial charge in [-0.15, -0.1) is 0 Å². The number of likely N-dealkylation sites (tertiary alicyclic amines) is 1. The maximum atomic E-state index is 11.1. The lowest BCUT2D eigenvalue weighted by Crippen LogP contribution is -2.30. The molecule has 0 aliphatic carbocycles. The second-order valence-electron chi connectivity index (χ2n) is 5.47. The summed E-state index contributed by atoms with van der Waals surface area (Å²) in [7, 11) is -3.62. The van der Waals surface area contributed by atoms with E-state index in [4.69, 9.17) is 9.88 Å². The number of hydrogen-bond acceptors (Lipinski definition) is 4. The molecule has 1 aromatic rings. The predicted octanol–water partition coefficient (Wildman–Crippen LogP) is 1.98. The summed E-state index contributed by atoms with van der Waals surface area (Å²) < 4.78 is 27.9. The minimum Gasteiger partial charge on any atom is -0.494 e. The number of nitrogens with two attached hydrogens (primary N) is 1. The Morgan fingerprint density at radius 3 is 2.33 bits per heavy atom. The van der Waals surface area contributed by atoms with E-state index in [1.807, 2.05) is 0 Å². The van der Waals surface area contributed by atoms with E-state index in [9.17, 15) is 8.42 Å². The summed E-state index contributed by atoms with van der Waals surface area (Å²) in [4.78, 5) is 2.63. The highest BCUT2D eigenvalue weighted by molar-refractivity contribution is 7.89. The molecule has 1 fully saturated rings. The first-order chi connectivity index (χ1) is 10.1. The van der Waals surface area contributed by atoms with Gasteiger partial charge in [0.25, 0.3) is 0 Å². The van der Waals surface area contributed by atoms with Crippen molar-refractivity contribution >= 4 is 10.0 Å². The largest absolute Gasteiger partial charge is 0.494 e. The molecule has 0 aromatic heterocycles. The zero-order chi connectivity index (χ0) is 15.1. The lowest BCUT2D eigenvalue weighted by Gasteiger charge is -2.26. The summed E-state index contributed by atoms with van der Waals surface area (Å²) in [5.74, 6) is 0.681. The smallest absolute Gasteiger partial charge is 0.238 e. The van der Waals surface area contributed by atoms with E-state index in [2.05, 4.69) is 4.90 Å². The van der Waals surface area contributed by atoms with E-state index in [1.165, 1.54) is 44.5 Å². The van der Waals surface area contributed by atoms with Crippen molar-refractivity contribution in [3.63, 3.8) is 0 Å². The third-order valence-electron chi connectivity index (χ3n) is 3.74. The van der Waals surface area contributed by atoms with Gasteiger partial charge in [0.05, 0.1) is 11.5 Å². The fourth-order valence-electron chi connectivity index (χ4n) is 2.54. The normalized spacial score (nSPS) is 16.8. The SMILES string of the molecule is NS(=O)(=O)c1ccc(OCCCCN2CCCCC2)cc1. The van der Waals surface area contributed by atoms with Crippen LogP contribution in [0.3, 0.4) is 0 Å². The molecule has 1 aromatic carbocycles. The third-order valence-corrected chi connectivity index (χ3v) is 4.67. The number of benzene rings is 1. The lowest BCUT2D eigenvalue weighted by molar-refractivity contribution is 0.216. The van der Waals surface area contributed by atoms with Gasteiger partial charge in [-0.1, -0.05) is 6.42 Å². The molecular weight excluding hydrogens is 288 g/mol. The van der Waals surface area contributed by atoms with Gasteiger partial charge in [0.15, 0.2) is 0 Å². The van der Waals surface area contributed by atoms with Crippen molar-refractivity contribution in [3.05, 3.63) is 24.3 Å². The topological polar surface area (TPSA) is 72.6 Å². The van der Waals surface area contributed by atoms with Crippen molar-refractivity contribution < 1.29 is 13.2 Å². The van der Waals surface area contributed by atoms with Crippen LogP contribution in [0, 0.1) is 0 Å². The molecule has 0 saturated carbocycles. The van der Waals surface area contributed by atoms with Crippen LogP contribution in [0.1, 0.15) is 32.1 Å². The average molecular weight is 312 g/mol. The van der Waals surface area contributed by atoms with E-state index >= 15 is 0 Å². The number of rotatable bonds is 7. The van der Waals surface area contributed by atoms with Gasteiger partial charge in [0, 0.05) is 0 Å². The molecule has 0 unspecified atom stereocenters. The van der Waals surface area contributed by atoms with Crippen molar-refractivity contribution in [1.29, 1.82) is 0 Å². The quantitative estimate of drug-likeness (QED) is 0.781. The molecule has 21 heavy (non-hydrogen) atoms. The first-order valence-corrected chi connectivity index (χ1v) is 9.08. The fraction of sp³-hybridized carbons (Fsp3) is 0.600. The zero-order valence-corrected chi connectivity index (χ0v) is 13.1. The second-order valence-corrected chi connectivity index (χ2v) is 7.04. The second kappa shape index (κ2) is 7.77. The Morgan fingerprint density at radius 1 is 1.05 bits per heavy atom. The van der Waals surface area contributed by atoms with E-state index < -0.39 is 10.0 Å². The van der Waals surface area contributed by atoms with Gasteiger partial charge < -0.3 is 9.64 Å². The Morgan fingerprint density at radius 2 is 1.71 bits per heavy atom. The predicted molar refractivity (Wildman–Crippen MR) is 82.8 cm³/mol. The Labute approximate surface area is 127 Å². The number of piperidine rings is 1. The van der Waals surface area contributed by atoms with Crippen LogP contribution < -0.4 is 9.88 Å². The summed E-state index contributed by atoms with van der Waals surface area (Å²) in [6, 6.07) is 6.23. The van der Waals surface area contributed by atoms with Crippen LogP contribution >= 0.6 is 0 Å². The van der Waals surface area contributed by atoms with E-state index in [-0.39, 0.29) is 4.90 Å². The first kappa shape index (κ1) is 16.3. The van der Waals surface area contributed by atoms with E-state index in [0.29, 0.717) is 12.4 Å². The van der Waals surface area contributed by atoms with Crippen LogP contribution in [0.4, 0.5) is 0 Å². The van der Waals surface area contributed by atoms with E-state index in [0.717, 1.165) is 19.4 Å². The lowest BCUT2D eigenvalue weighted by atomic mass is 10.1. The van der Waals surface area contributed by atoms with Crippen LogP contribution in [-0.2, 0) is 10.0 Å².